The van der Waals surface area contributed by atoms with Crippen LogP contribution in [0.15, 0.2) is 24.3 Å². The summed E-state index contributed by atoms with van der Waals surface area (Å²) in [6, 6.07) is 7.47. The molecule has 1 heterocycles. The summed E-state index contributed by atoms with van der Waals surface area (Å²) < 4.78 is 0. The number of hydrogen-bond acceptors (Lipinski definition) is 2. The summed E-state index contributed by atoms with van der Waals surface area (Å²) in [5.74, 6) is -1.53. The molecule has 1 N–H and O–H groups in total. The van der Waals surface area contributed by atoms with Crippen molar-refractivity contribution in [3.63, 3.8) is 0 Å². The fourth-order valence-electron chi connectivity index (χ4n) is 2.11. The number of hydrogen-bond donors (Lipinski definition) is 1. The van der Waals surface area contributed by atoms with E-state index in [1.165, 1.54) is 0 Å². The quantitative estimate of drug-likeness (QED) is 0.905. The Bertz CT molecular complexity index is 475. The lowest BCUT2D eigenvalue weighted by Crippen LogP contribution is -2.28. The molecule has 1 saturated heterocycles. The highest BCUT2D eigenvalue weighted by atomic mass is 35.5. The molecule has 1 aliphatic heterocycles. The first-order valence-electron chi connectivity index (χ1n) is 5.81. The topological polar surface area (TPSA) is 57.6 Å². The zero-order chi connectivity index (χ0) is 13.1. The van der Waals surface area contributed by atoms with E-state index in [2.05, 4.69) is 0 Å². The molecule has 0 bridgehead atoms. The van der Waals surface area contributed by atoms with Crippen molar-refractivity contribution >= 4 is 23.5 Å². The molecule has 1 amide bonds. The van der Waals surface area contributed by atoms with Crippen LogP contribution in [0.1, 0.15) is 12.0 Å². The van der Waals surface area contributed by atoms with Gasteiger partial charge in [0.1, 0.15) is 0 Å². The van der Waals surface area contributed by atoms with E-state index in [4.69, 9.17) is 16.7 Å². The van der Waals surface area contributed by atoms with Gasteiger partial charge < -0.3 is 10.0 Å². The van der Waals surface area contributed by atoms with Gasteiger partial charge in [0.15, 0.2) is 0 Å². The summed E-state index contributed by atoms with van der Waals surface area (Å²) in [6.07, 6.45) is 0.809. The van der Waals surface area contributed by atoms with Gasteiger partial charge in [-0.15, -0.1) is 0 Å². The van der Waals surface area contributed by atoms with Crippen molar-refractivity contribution in [3.05, 3.63) is 34.9 Å². The van der Waals surface area contributed by atoms with Gasteiger partial charge in [-0.05, 0) is 24.1 Å². The molecule has 0 aliphatic carbocycles. The van der Waals surface area contributed by atoms with Crippen LogP contribution in [0, 0.1) is 5.92 Å². The summed E-state index contributed by atoms with van der Waals surface area (Å²) in [5.41, 5.74) is 1.05. The predicted octanol–water partition coefficient (Wildman–Crippen LogP) is 1.82. The molecule has 1 unspecified atom stereocenters. The third kappa shape index (κ3) is 3.01. The van der Waals surface area contributed by atoms with Gasteiger partial charge in [0.2, 0.25) is 5.91 Å². The van der Waals surface area contributed by atoms with E-state index in [1.54, 1.807) is 11.0 Å². The van der Waals surface area contributed by atoms with Gasteiger partial charge in [0.05, 0.1) is 5.92 Å². The Morgan fingerprint density at radius 3 is 2.89 bits per heavy atom. The lowest BCUT2D eigenvalue weighted by Gasteiger charge is -2.15. The molecule has 1 aromatic rings. The number of nitrogens with zero attached hydrogens (tertiary/aromatic N) is 1. The third-order valence-electron chi connectivity index (χ3n) is 3.12. The SMILES string of the molecule is O=C(O)C1CC(=O)N(CCc2cccc(Cl)c2)C1. The first-order chi connectivity index (χ1) is 8.56. The van der Waals surface area contributed by atoms with E-state index >= 15 is 0 Å². The zero-order valence-electron chi connectivity index (χ0n) is 9.80. The average Bonchev–Trinajstić information content (AvgIpc) is 2.68. The number of carboxylic acid groups (broad SMARTS) is 1. The van der Waals surface area contributed by atoms with Crippen LogP contribution >= 0.6 is 11.6 Å². The summed E-state index contributed by atoms with van der Waals surface area (Å²) in [4.78, 5) is 24.0. The summed E-state index contributed by atoms with van der Waals surface area (Å²) in [7, 11) is 0. The molecule has 0 saturated carbocycles. The van der Waals surface area contributed by atoms with Crippen molar-refractivity contribution in [2.75, 3.05) is 13.1 Å². The number of halogens is 1. The van der Waals surface area contributed by atoms with Crippen LogP contribution in [0.25, 0.3) is 0 Å². The molecule has 96 valence electrons. The predicted molar refractivity (Wildman–Crippen MR) is 67.5 cm³/mol. The Balaban J connectivity index is 1.91. The molecule has 1 atom stereocenters. The largest absolute Gasteiger partial charge is 0.481 e. The van der Waals surface area contributed by atoms with E-state index < -0.39 is 11.9 Å². The van der Waals surface area contributed by atoms with Crippen LogP contribution in [0.5, 0.6) is 0 Å². The number of carboxylic acids is 1. The Hall–Kier alpha value is -1.55. The van der Waals surface area contributed by atoms with Gasteiger partial charge in [-0.25, -0.2) is 0 Å². The molecule has 18 heavy (non-hydrogen) atoms. The van der Waals surface area contributed by atoms with Crippen molar-refractivity contribution in [2.24, 2.45) is 5.92 Å². The number of carbonyl (C=O) groups excluding carboxylic acids is 1. The van der Waals surface area contributed by atoms with Gasteiger partial charge >= 0.3 is 5.97 Å². The van der Waals surface area contributed by atoms with Gasteiger partial charge in [-0.1, -0.05) is 23.7 Å². The highest BCUT2D eigenvalue weighted by Gasteiger charge is 2.33. The van der Waals surface area contributed by atoms with Crippen LogP contribution in [0.4, 0.5) is 0 Å². The lowest BCUT2D eigenvalue weighted by atomic mass is 10.1. The van der Waals surface area contributed by atoms with Gasteiger partial charge in [-0.3, -0.25) is 9.59 Å². The van der Waals surface area contributed by atoms with Crippen molar-refractivity contribution in [3.8, 4) is 0 Å². The average molecular weight is 268 g/mol. The number of amides is 1. The molecule has 1 aliphatic rings. The summed E-state index contributed by atoms with van der Waals surface area (Å²) >= 11 is 5.88. The van der Waals surface area contributed by atoms with Gasteiger partial charge in [0.25, 0.3) is 0 Å². The molecular weight excluding hydrogens is 254 g/mol. The molecule has 5 heteroatoms. The standard InChI is InChI=1S/C13H14ClNO3/c14-11-3-1-2-9(6-11)4-5-15-8-10(13(17)18)7-12(15)16/h1-3,6,10H,4-5,7-8H2,(H,17,18). The van der Waals surface area contributed by atoms with Crippen LogP contribution in [0.2, 0.25) is 5.02 Å². The van der Waals surface area contributed by atoms with E-state index in [-0.39, 0.29) is 12.3 Å². The Morgan fingerprint density at radius 2 is 2.28 bits per heavy atom. The number of carbonyl (C=O) groups is 2. The zero-order valence-corrected chi connectivity index (χ0v) is 10.6. The molecule has 1 aromatic carbocycles. The Kier molecular flexibility index (Phi) is 3.87. The highest BCUT2D eigenvalue weighted by molar-refractivity contribution is 6.30. The molecule has 0 aromatic heterocycles. The second kappa shape index (κ2) is 5.40. The second-order valence-corrected chi connectivity index (χ2v) is 4.90. The number of benzene rings is 1. The van der Waals surface area contributed by atoms with Crippen LogP contribution in [0.3, 0.4) is 0 Å². The molecule has 0 radical (unpaired) electrons. The van der Waals surface area contributed by atoms with E-state index in [0.717, 1.165) is 5.56 Å². The molecule has 4 nitrogen and oxygen atoms in total. The summed E-state index contributed by atoms with van der Waals surface area (Å²) in [6.45, 7) is 0.859. The van der Waals surface area contributed by atoms with E-state index in [1.807, 2.05) is 18.2 Å². The second-order valence-electron chi connectivity index (χ2n) is 4.46. The maximum Gasteiger partial charge on any atom is 0.308 e. The fourth-order valence-corrected chi connectivity index (χ4v) is 2.32. The third-order valence-corrected chi connectivity index (χ3v) is 3.36. The molecule has 2 rings (SSSR count). The Labute approximate surface area is 110 Å². The van der Waals surface area contributed by atoms with Gasteiger partial charge in [-0.2, -0.15) is 0 Å². The lowest BCUT2D eigenvalue weighted by molar-refractivity contribution is -0.141. The van der Waals surface area contributed by atoms with Crippen molar-refractivity contribution in [1.29, 1.82) is 0 Å². The van der Waals surface area contributed by atoms with Crippen molar-refractivity contribution in [2.45, 2.75) is 12.8 Å². The minimum absolute atomic E-state index is 0.0792. The summed E-state index contributed by atoms with van der Waals surface area (Å²) in [5, 5.41) is 9.54. The fraction of sp³-hybridized carbons (Fsp3) is 0.385. The van der Waals surface area contributed by atoms with Crippen molar-refractivity contribution in [1.82, 2.24) is 4.90 Å². The molecule has 1 fully saturated rings. The maximum atomic E-state index is 11.6. The minimum Gasteiger partial charge on any atom is -0.481 e. The van der Waals surface area contributed by atoms with Gasteiger partial charge in [0, 0.05) is 24.5 Å². The molecular formula is C13H14ClNO3. The Morgan fingerprint density at radius 1 is 1.50 bits per heavy atom. The van der Waals surface area contributed by atoms with Crippen LogP contribution in [-0.4, -0.2) is 35.0 Å². The monoisotopic (exact) mass is 267 g/mol. The van der Waals surface area contributed by atoms with Crippen molar-refractivity contribution < 1.29 is 14.7 Å². The van der Waals surface area contributed by atoms with Crippen LogP contribution < -0.4 is 0 Å². The highest BCUT2D eigenvalue weighted by Crippen LogP contribution is 2.19. The number of likely N-dealkylation sites (tertiary alicyclic amines) is 1. The maximum absolute atomic E-state index is 11.6. The van der Waals surface area contributed by atoms with Crippen LogP contribution in [-0.2, 0) is 16.0 Å². The number of aliphatic carboxylic acids is 1. The first kappa shape index (κ1) is 12.9. The van der Waals surface area contributed by atoms with E-state index in [0.29, 0.717) is 24.5 Å². The van der Waals surface area contributed by atoms with E-state index in [9.17, 15) is 9.59 Å². The first-order valence-corrected chi connectivity index (χ1v) is 6.19. The minimum atomic E-state index is -0.895. The number of rotatable bonds is 4. The molecule has 0 spiro atoms. The smallest absolute Gasteiger partial charge is 0.308 e. The normalized spacial score (nSPS) is 19.3.